The van der Waals surface area contributed by atoms with E-state index < -0.39 is 6.36 Å². The molecule has 0 unspecified atom stereocenters. The van der Waals surface area contributed by atoms with Crippen LogP contribution in [0.2, 0.25) is 0 Å². The summed E-state index contributed by atoms with van der Waals surface area (Å²) in [6.45, 7) is 0. The number of pyridine rings is 1. The molecule has 0 amide bonds. The van der Waals surface area contributed by atoms with Gasteiger partial charge in [0.15, 0.2) is 0 Å². The second-order valence-electron chi connectivity index (χ2n) is 3.74. The molecule has 6 heteroatoms. The van der Waals surface area contributed by atoms with Gasteiger partial charge in [-0.2, -0.15) is 0 Å². The normalized spacial score (nSPS) is 12.2. The van der Waals surface area contributed by atoms with Crippen molar-refractivity contribution < 1.29 is 17.9 Å². The maximum absolute atomic E-state index is 12.1. The fourth-order valence-corrected chi connectivity index (χ4v) is 1.84. The SMILES string of the molecule is FC(F)(F)Oc1ccc2nc3ccccn3c2c1. The zero-order valence-corrected chi connectivity index (χ0v) is 8.98. The van der Waals surface area contributed by atoms with Gasteiger partial charge in [0, 0.05) is 12.3 Å². The molecule has 0 spiro atoms. The number of hydrogen-bond donors (Lipinski definition) is 0. The van der Waals surface area contributed by atoms with E-state index in [1.165, 1.54) is 18.2 Å². The summed E-state index contributed by atoms with van der Waals surface area (Å²) in [6, 6.07) is 9.46. The second kappa shape index (κ2) is 3.63. The van der Waals surface area contributed by atoms with Crippen LogP contribution in [0.3, 0.4) is 0 Å². The molecule has 0 fully saturated rings. The van der Waals surface area contributed by atoms with Gasteiger partial charge in [0.05, 0.1) is 11.0 Å². The van der Waals surface area contributed by atoms with Crippen molar-refractivity contribution in [3.63, 3.8) is 0 Å². The Morgan fingerprint density at radius 1 is 1.11 bits per heavy atom. The summed E-state index contributed by atoms with van der Waals surface area (Å²) in [6.07, 6.45) is -2.95. The number of aromatic nitrogens is 2. The van der Waals surface area contributed by atoms with Crippen LogP contribution < -0.4 is 4.74 Å². The number of benzene rings is 1. The predicted molar refractivity (Wildman–Crippen MR) is 59.4 cm³/mol. The fraction of sp³-hybridized carbons (Fsp3) is 0.0833. The van der Waals surface area contributed by atoms with Gasteiger partial charge < -0.3 is 4.74 Å². The van der Waals surface area contributed by atoms with E-state index in [0.717, 1.165) is 0 Å². The number of halogens is 3. The molecule has 0 aliphatic rings. The van der Waals surface area contributed by atoms with Crippen molar-refractivity contribution in [2.45, 2.75) is 6.36 Å². The van der Waals surface area contributed by atoms with Gasteiger partial charge in [0.1, 0.15) is 11.4 Å². The third-order valence-electron chi connectivity index (χ3n) is 2.51. The van der Waals surface area contributed by atoms with E-state index in [1.54, 1.807) is 22.7 Å². The maximum atomic E-state index is 12.1. The summed E-state index contributed by atoms with van der Waals surface area (Å²) < 4.78 is 42.0. The van der Waals surface area contributed by atoms with Gasteiger partial charge in [0.2, 0.25) is 0 Å². The van der Waals surface area contributed by atoms with E-state index in [1.807, 2.05) is 6.07 Å². The predicted octanol–water partition coefficient (Wildman–Crippen LogP) is 3.39. The minimum absolute atomic E-state index is 0.249. The Morgan fingerprint density at radius 3 is 2.72 bits per heavy atom. The van der Waals surface area contributed by atoms with Crippen LogP contribution in [0, 0.1) is 0 Å². The number of fused-ring (bicyclic) bond motifs is 3. The fourth-order valence-electron chi connectivity index (χ4n) is 1.84. The molecule has 0 saturated carbocycles. The molecule has 2 heterocycles. The first-order chi connectivity index (χ1) is 8.53. The number of alkyl halides is 3. The Bertz CT molecular complexity index is 718. The van der Waals surface area contributed by atoms with Gasteiger partial charge in [-0.15, -0.1) is 13.2 Å². The Hall–Kier alpha value is -2.24. The zero-order chi connectivity index (χ0) is 12.8. The van der Waals surface area contributed by atoms with Crippen LogP contribution in [0.15, 0.2) is 42.6 Å². The largest absolute Gasteiger partial charge is 0.573 e. The van der Waals surface area contributed by atoms with Gasteiger partial charge in [0.25, 0.3) is 0 Å². The van der Waals surface area contributed by atoms with Crippen LogP contribution in [0.25, 0.3) is 16.7 Å². The minimum Gasteiger partial charge on any atom is -0.406 e. The van der Waals surface area contributed by atoms with Crippen molar-refractivity contribution in [1.29, 1.82) is 0 Å². The van der Waals surface area contributed by atoms with Crippen LogP contribution in [0.4, 0.5) is 13.2 Å². The van der Waals surface area contributed by atoms with Crippen molar-refractivity contribution in [2.75, 3.05) is 0 Å². The third-order valence-corrected chi connectivity index (χ3v) is 2.51. The van der Waals surface area contributed by atoms with E-state index in [-0.39, 0.29) is 5.75 Å². The average molecular weight is 252 g/mol. The monoisotopic (exact) mass is 252 g/mol. The molecule has 0 aliphatic carbocycles. The lowest BCUT2D eigenvalue weighted by Crippen LogP contribution is -2.17. The summed E-state index contributed by atoms with van der Waals surface area (Å²) in [5.74, 6) is -0.249. The van der Waals surface area contributed by atoms with Crippen LogP contribution in [0.1, 0.15) is 0 Å². The van der Waals surface area contributed by atoms with Crippen LogP contribution >= 0.6 is 0 Å². The summed E-state index contributed by atoms with van der Waals surface area (Å²) in [5, 5.41) is 0. The molecule has 3 aromatic rings. The van der Waals surface area contributed by atoms with Crippen molar-refractivity contribution in [3.8, 4) is 5.75 Å². The van der Waals surface area contributed by atoms with E-state index in [0.29, 0.717) is 16.7 Å². The maximum Gasteiger partial charge on any atom is 0.573 e. The lowest BCUT2D eigenvalue weighted by Gasteiger charge is -2.08. The molecule has 3 nitrogen and oxygen atoms in total. The van der Waals surface area contributed by atoms with E-state index in [2.05, 4.69) is 9.72 Å². The molecule has 0 bridgehead atoms. The highest BCUT2D eigenvalue weighted by molar-refractivity contribution is 5.81. The minimum atomic E-state index is -4.69. The topological polar surface area (TPSA) is 26.5 Å². The summed E-state index contributed by atoms with van der Waals surface area (Å²) in [5.41, 5.74) is 1.87. The smallest absolute Gasteiger partial charge is 0.406 e. The molecular formula is C12H7F3N2O. The zero-order valence-electron chi connectivity index (χ0n) is 8.98. The summed E-state index contributed by atoms with van der Waals surface area (Å²) >= 11 is 0. The van der Waals surface area contributed by atoms with E-state index in [9.17, 15) is 13.2 Å². The molecule has 92 valence electrons. The van der Waals surface area contributed by atoms with E-state index >= 15 is 0 Å². The van der Waals surface area contributed by atoms with Crippen molar-refractivity contribution in [2.24, 2.45) is 0 Å². The van der Waals surface area contributed by atoms with E-state index in [4.69, 9.17) is 0 Å². The Kier molecular flexibility index (Phi) is 2.19. The lowest BCUT2D eigenvalue weighted by atomic mass is 10.3. The molecule has 0 N–H and O–H groups in total. The van der Waals surface area contributed by atoms with Gasteiger partial charge in [-0.1, -0.05) is 6.07 Å². The number of hydrogen-bond acceptors (Lipinski definition) is 2. The summed E-state index contributed by atoms with van der Waals surface area (Å²) in [4.78, 5) is 4.28. The average Bonchev–Trinajstić information content (AvgIpc) is 2.65. The Labute approximate surface area is 99.4 Å². The van der Waals surface area contributed by atoms with Gasteiger partial charge in [-0.05, 0) is 24.3 Å². The second-order valence-corrected chi connectivity index (χ2v) is 3.74. The van der Waals surface area contributed by atoms with Crippen LogP contribution in [-0.2, 0) is 0 Å². The molecule has 18 heavy (non-hydrogen) atoms. The highest BCUT2D eigenvalue weighted by Crippen LogP contribution is 2.26. The lowest BCUT2D eigenvalue weighted by molar-refractivity contribution is -0.274. The van der Waals surface area contributed by atoms with Crippen molar-refractivity contribution in [3.05, 3.63) is 42.6 Å². The molecule has 0 saturated heterocycles. The standard InChI is InChI=1S/C12H7F3N2O/c13-12(14,15)18-8-4-5-9-10(7-8)17-6-2-1-3-11(17)16-9/h1-7H. The third kappa shape index (κ3) is 1.85. The molecule has 0 atom stereocenters. The molecule has 2 aromatic heterocycles. The Balaban J connectivity index is 2.18. The highest BCUT2D eigenvalue weighted by atomic mass is 19.4. The van der Waals surface area contributed by atoms with Crippen molar-refractivity contribution in [1.82, 2.24) is 9.38 Å². The first-order valence-electron chi connectivity index (χ1n) is 5.15. The van der Waals surface area contributed by atoms with Crippen molar-refractivity contribution >= 4 is 16.7 Å². The molecule has 1 aromatic carbocycles. The van der Waals surface area contributed by atoms with Crippen LogP contribution in [0.5, 0.6) is 5.75 Å². The number of ether oxygens (including phenoxy) is 1. The van der Waals surface area contributed by atoms with Gasteiger partial charge in [-0.25, -0.2) is 4.98 Å². The summed E-state index contributed by atoms with van der Waals surface area (Å²) in [7, 11) is 0. The number of rotatable bonds is 1. The quantitative estimate of drug-likeness (QED) is 0.663. The number of imidazole rings is 1. The number of nitrogens with zero attached hydrogens (tertiary/aromatic N) is 2. The highest BCUT2D eigenvalue weighted by Gasteiger charge is 2.31. The molecule has 3 rings (SSSR count). The van der Waals surface area contributed by atoms with Gasteiger partial charge >= 0.3 is 6.36 Å². The molecule has 0 radical (unpaired) electrons. The van der Waals surface area contributed by atoms with Gasteiger partial charge in [-0.3, -0.25) is 4.40 Å². The first-order valence-corrected chi connectivity index (χ1v) is 5.15. The van der Waals surface area contributed by atoms with Crippen LogP contribution in [-0.4, -0.2) is 15.7 Å². The first kappa shape index (κ1) is 10.9. The molecular weight excluding hydrogens is 245 g/mol. The Morgan fingerprint density at radius 2 is 1.94 bits per heavy atom. The molecule has 0 aliphatic heterocycles.